The van der Waals surface area contributed by atoms with Gasteiger partial charge in [-0.05, 0) is 36.8 Å². The zero-order valence-corrected chi connectivity index (χ0v) is 14.1. The van der Waals surface area contributed by atoms with Gasteiger partial charge in [-0.1, -0.05) is 32.0 Å². The Morgan fingerprint density at radius 3 is 2.70 bits per heavy atom. The fourth-order valence-electron chi connectivity index (χ4n) is 2.85. The highest BCUT2D eigenvalue weighted by Crippen LogP contribution is 2.24. The second-order valence-corrected chi connectivity index (χ2v) is 6.31. The van der Waals surface area contributed by atoms with E-state index in [4.69, 9.17) is 9.84 Å². The molecule has 0 aromatic heterocycles. The standard InChI is InChI=1S/C18H28N2O3/c1-14(2)16-6-3-4-7-17(16)19-18(22)20-10-8-15(9-11-20)23-13-5-12-21/h3-4,6-7,14-15,21H,5,8-13H2,1-2H3,(H,19,22). The van der Waals surface area contributed by atoms with E-state index in [1.807, 2.05) is 23.1 Å². The summed E-state index contributed by atoms with van der Waals surface area (Å²) in [5.74, 6) is 0.372. The number of nitrogens with one attached hydrogen (secondary N) is 1. The molecule has 23 heavy (non-hydrogen) atoms. The first-order chi connectivity index (χ1) is 11.1. The highest BCUT2D eigenvalue weighted by Gasteiger charge is 2.23. The number of ether oxygens (including phenoxy) is 1. The van der Waals surface area contributed by atoms with Crippen molar-refractivity contribution in [3.05, 3.63) is 29.8 Å². The molecule has 1 aromatic rings. The number of para-hydroxylation sites is 1. The van der Waals surface area contributed by atoms with Crippen LogP contribution in [0.4, 0.5) is 10.5 Å². The van der Waals surface area contributed by atoms with Gasteiger partial charge in [-0.2, -0.15) is 0 Å². The number of aliphatic hydroxyl groups excluding tert-OH is 1. The number of piperidine rings is 1. The fourth-order valence-corrected chi connectivity index (χ4v) is 2.85. The maximum absolute atomic E-state index is 12.5. The minimum Gasteiger partial charge on any atom is -0.396 e. The summed E-state index contributed by atoms with van der Waals surface area (Å²) in [5.41, 5.74) is 2.05. The van der Waals surface area contributed by atoms with Gasteiger partial charge < -0.3 is 20.1 Å². The third kappa shape index (κ3) is 5.22. The summed E-state index contributed by atoms with van der Waals surface area (Å²) in [5, 5.41) is 11.8. The second kappa shape index (κ2) is 8.89. The van der Waals surface area contributed by atoms with E-state index in [1.165, 1.54) is 0 Å². The molecule has 1 fully saturated rings. The van der Waals surface area contributed by atoms with Crippen LogP contribution in [0.2, 0.25) is 0 Å². The summed E-state index contributed by atoms with van der Waals surface area (Å²) in [6.07, 6.45) is 2.58. The van der Waals surface area contributed by atoms with Crippen LogP contribution in [0.25, 0.3) is 0 Å². The highest BCUT2D eigenvalue weighted by atomic mass is 16.5. The van der Waals surface area contributed by atoms with Gasteiger partial charge in [0, 0.05) is 32.0 Å². The van der Waals surface area contributed by atoms with Crippen molar-refractivity contribution in [2.24, 2.45) is 0 Å². The molecule has 128 valence electrons. The van der Waals surface area contributed by atoms with Crippen LogP contribution in [-0.4, -0.2) is 48.4 Å². The number of carbonyl (C=O) groups excluding carboxylic acids is 1. The third-order valence-corrected chi connectivity index (χ3v) is 4.21. The van der Waals surface area contributed by atoms with Gasteiger partial charge in [-0.25, -0.2) is 4.79 Å². The van der Waals surface area contributed by atoms with Crippen molar-refractivity contribution in [1.82, 2.24) is 4.90 Å². The van der Waals surface area contributed by atoms with E-state index in [0.29, 0.717) is 32.0 Å². The lowest BCUT2D eigenvalue weighted by Crippen LogP contribution is -2.43. The molecule has 5 nitrogen and oxygen atoms in total. The van der Waals surface area contributed by atoms with Crippen LogP contribution in [0.3, 0.4) is 0 Å². The molecule has 1 aliphatic rings. The van der Waals surface area contributed by atoms with Crippen molar-refractivity contribution in [1.29, 1.82) is 0 Å². The number of amides is 2. The maximum atomic E-state index is 12.5. The fraction of sp³-hybridized carbons (Fsp3) is 0.611. The Bertz CT molecular complexity index is 497. The lowest BCUT2D eigenvalue weighted by molar-refractivity contribution is 0.0101. The minimum atomic E-state index is -0.0353. The van der Waals surface area contributed by atoms with E-state index >= 15 is 0 Å². The normalized spacial score (nSPS) is 15.9. The van der Waals surface area contributed by atoms with E-state index in [1.54, 1.807) is 0 Å². The second-order valence-electron chi connectivity index (χ2n) is 6.31. The molecular formula is C18H28N2O3. The van der Waals surface area contributed by atoms with Crippen molar-refractivity contribution in [3.8, 4) is 0 Å². The lowest BCUT2D eigenvalue weighted by atomic mass is 10.0. The zero-order chi connectivity index (χ0) is 16.7. The average Bonchev–Trinajstić information content (AvgIpc) is 2.56. The summed E-state index contributed by atoms with van der Waals surface area (Å²) >= 11 is 0. The molecule has 1 heterocycles. The van der Waals surface area contributed by atoms with Gasteiger partial charge in [-0.15, -0.1) is 0 Å². The largest absolute Gasteiger partial charge is 0.396 e. The molecule has 5 heteroatoms. The summed E-state index contributed by atoms with van der Waals surface area (Å²) < 4.78 is 5.70. The number of aliphatic hydroxyl groups is 1. The number of likely N-dealkylation sites (tertiary alicyclic amines) is 1. The van der Waals surface area contributed by atoms with Gasteiger partial charge in [0.15, 0.2) is 0 Å². The van der Waals surface area contributed by atoms with Crippen molar-refractivity contribution >= 4 is 11.7 Å². The van der Waals surface area contributed by atoms with Crippen LogP contribution in [-0.2, 0) is 4.74 Å². The Morgan fingerprint density at radius 1 is 1.35 bits per heavy atom. The number of nitrogens with zero attached hydrogens (tertiary/aromatic N) is 1. The van der Waals surface area contributed by atoms with Crippen molar-refractivity contribution < 1.29 is 14.6 Å². The molecular weight excluding hydrogens is 292 g/mol. The van der Waals surface area contributed by atoms with Crippen LogP contribution in [0.5, 0.6) is 0 Å². The number of hydrogen-bond donors (Lipinski definition) is 2. The van der Waals surface area contributed by atoms with E-state index in [0.717, 1.165) is 24.1 Å². The Morgan fingerprint density at radius 2 is 2.04 bits per heavy atom. The predicted molar refractivity (Wildman–Crippen MR) is 91.8 cm³/mol. The number of carbonyl (C=O) groups is 1. The number of rotatable bonds is 6. The molecule has 2 rings (SSSR count). The summed E-state index contributed by atoms with van der Waals surface area (Å²) in [6.45, 7) is 6.42. The number of hydrogen-bond acceptors (Lipinski definition) is 3. The number of urea groups is 1. The molecule has 2 N–H and O–H groups in total. The molecule has 0 aliphatic carbocycles. The average molecular weight is 320 g/mol. The molecule has 0 spiro atoms. The summed E-state index contributed by atoms with van der Waals surface area (Å²) in [4.78, 5) is 14.3. The first-order valence-electron chi connectivity index (χ1n) is 8.49. The van der Waals surface area contributed by atoms with Gasteiger partial charge in [0.05, 0.1) is 6.10 Å². The maximum Gasteiger partial charge on any atom is 0.321 e. The highest BCUT2D eigenvalue weighted by molar-refractivity contribution is 5.90. The van der Waals surface area contributed by atoms with Crippen molar-refractivity contribution in [2.45, 2.75) is 45.1 Å². The number of benzene rings is 1. The van der Waals surface area contributed by atoms with E-state index in [2.05, 4.69) is 25.2 Å². The first-order valence-corrected chi connectivity index (χ1v) is 8.49. The Kier molecular flexibility index (Phi) is 6.86. The molecule has 0 saturated carbocycles. The Hall–Kier alpha value is -1.59. The topological polar surface area (TPSA) is 61.8 Å². The van der Waals surface area contributed by atoms with E-state index in [9.17, 15) is 4.79 Å². The van der Waals surface area contributed by atoms with Crippen LogP contribution >= 0.6 is 0 Å². The molecule has 0 atom stereocenters. The monoisotopic (exact) mass is 320 g/mol. The van der Waals surface area contributed by atoms with Crippen LogP contribution < -0.4 is 5.32 Å². The minimum absolute atomic E-state index is 0.0353. The molecule has 0 unspecified atom stereocenters. The van der Waals surface area contributed by atoms with Crippen molar-refractivity contribution in [3.63, 3.8) is 0 Å². The molecule has 1 aromatic carbocycles. The lowest BCUT2D eigenvalue weighted by Gasteiger charge is -2.32. The van der Waals surface area contributed by atoms with Gasteiger partial charge in [-0.3, -0.25) is 0 Å². The molecule has 1 aliphatic heterocycles. The molecule has 0 radical (unpaired) electrons. The Labute approximate surface area is 138 Å². The van der Waals surface area contributed by atoms with Crippen molar-refractivity contribution in [2.75, 3.05) is 31.6 Å². The van der Waals surface area contributed by atoms with Crippen LogP contribution in [0.1, 0.15) is 44.6 Å². The SMILES string of the molecule is CC(C)c1ccccc1NC(=O)N1CCC(OCCCO)CC1. The Balaban J connectivity index is 1.84. The van der Waals surface area contributed by atoms with Gasteiger partial charge in [0.1, 0.15) is 0 Å². The predicted octanol–water partition coefficient (Wildman–Crippen LogP) is 3.21. The zero-order valence-electron chi connectivity index (χ0n) is 14.1. The summed E-state index contributed by atoms with van der Waals surface area (Å²) in [6, 6.07) is 7.93. The van der Waals surface area contributed by atoms with Crippen LogP contribution in [0.15, 0.2) is 24.3 Å². The molecule has 1 saturated heterocycles. The third-order valence-electron chi connectivity index (χ3n) is 4.21. The van der Waals surface area contributed by atoms with Gasteiger partial charge >= 0.3 is 6.03 Å². The van der Waals surface area contributed by atoms with Crippen LogP contribution in [0, 0.1) is 0 Å². The quantitative estimate of drug-likeness (QED) is 0.791. The van der Waals surface area contributed by atoms with E-state index < -0.39 is 0 Å². The molecule has 0 bridgehead atoms. The number of anilines is 1. The smallest absolute Gasteiger partial charge is 0.321 e. The van der Waals surface area contributed by atoms with Gasteiger partial charge in [0.2, 0.25) is 0 Å². The molecule has 2 amide bonds. The van der Waals surface area contributed by atoms with Gasteiger partial charge in [0.25, 0.3) is 0 Å². The summed E-state index contributed by atoms with van der Waals surface area (Å²) in [7, 11) is 0. The van der Waals surface area contributed by atoms with E-state index in [-0.39, 0.29) is 18.7 Å². The first kappa shape index (κ1) is 17.8.